The van der Waals surface area contributed by atoms with Crippen LogP contribution in [0.5, 0.6) is 0 Å². The molecule has 0 radical (unpaired) electrons. The number of carbonyl (C=O) groups is 1. The van der Waals surface area contributed by atoms with E-state index in [4.69, 9.17) is 14.6 Å². The highest BCUT2D eigenvalue weighted by molar-refractivity contribution is 5.67. The molecular formula is C21H40O7. The van der Waals surface area contributed by atoms with Gasteiger partial charge in [0.1, 0.15) is 6.10 Å². The average molecular weight is 405 g/mol. The molecule has 0 aromatic carbocycles. The van der Waals surface area contributed by atoms with Gasteiger partial charge in [0, 0.05) is 6.42 Å². The topological polar surface area (TPSA) is 116 Å². The van der Waals surface area contributed by atoms with Gasteiger partial charge in [0.2, 0.25) is 0 Å². The summed E-state index contributed by atoms with van der Waals surface area (Å²) in [5, 5.41) is 37.7. The lowest BCUT2D eigenvalue weighted by Crippen LogP contribution is -2.48. The average Bonchev–Trinajstić information content (AvgIpc) is 2.60. The highest BCUT2D eigenvalue weighted by Crippen LogP contribution is 2.23. The standard InChI is InChI=1S/C21H40O7/c1-15(27-21-19(24)14-18(23)16(2)28-21)11-9-7-5-3-4-6-8-10-12-17(22)13-20(25)26/h15-19,21-24H,3-14H2,1-2H3,(H,25,26)/t15-,16+,17-,18-,19-,21-/m1/s1. The van der Waals surface area contributed by atoms with Crippen LogP contribution < -0.4 is 0 Å². The van der Waals surface area contributed by atoms with Crippen molar-refractivity contribution in [1.82, 2.24) is 0 Å². The lowest BCUT2D eigenvalue weighted by atomic mass is 10.0. The van der Waals surface area contributed by atoms with E-state index in [9.17, 15) is 20.1 Å². The van der Waals surface area contributed by atoms with Crippen molar-refractivity contribution in [2.45, 2.75) is 128 Å². The Morgan fingerprint density at radius 2 is 1.54 bits per heavy atom. The summed E-state index contributed by atoms with van der Waals surface area (Å²) in [6.07, 6.45) is 7.34. The molecule has 1 heterocycles. The molecule has 0 unspecified atom stereocenters. The van der Waals surface area contributed by atoms with Gasteiger partial charge >= 0.3 is 5.97 Å². The Labute approximate surface area is 169 Å². The predicted octanol–water partition coefficient (Wildman–Crippen LogP) is 2.98. The number of carboxylic acids is 1. The number of aliphatic hydroxyl groups is 3. The molecule has 1 aliphatic rings. The molecule has 0 amide bonds. The van der Waals surface area contributed by atoms with Crippen molar-refractivity contribution in [1.29, 1.82) is 0 Å². The number of rotatable bonds is 15. The number of hydrogen-bond donors (Lipinski definition) is 4. The lowest BCUT2D eigenvalue weighted by molar-refractivity contribution is -0.273. The van der Waals surface area contributed by atoms with Crippen molar-refractivity contribution < 1.29 is 34.7 Å². The third kappa shape index (κ3) is 11.3. The minimum atomic E-state index is -0.942. The normalized spacial score (nSPS) is 27.5. The molecule has 1 rings (SSSR count). The third-order valence-corrected chi connectivity index (χ3v) is 5.36. The highest BCUT2D eigenvalue weighted by Gasteiger charge is 2.35. The lowest BCUT2D eigenvalue weighted by Gasteiger charge is -2.36. The number of hydrogen-bond acceptors (Lipinski definition) is 6. The maximum absolute atomic E-state index is 10.5. The van der Waals surface area contributed by atoms with Crippen molar-refractivity contribution in [3.05, 3.63) is 0 Å². The quantitative estimate of drug-likeness (QED) is 0.310. The van der Waals surface area contributed by atoms with Crippen LogP contribution in [0.2, 0.25) is 0 Å². The summed E-state index contributed by atoms with van der Waals surface area (Å²) >= 11 is 0. The molecule has 6 atom stereocenters. The number of aliphatic carboxylic acids is 1. The van der Waals surface area contributed by atoms with Gasteiger partial charge in [-0.2, -0.15) is 0 Å². The Bertz CT molecular complexity index is 418. The molecule has 0 aliphatic carbocycles. The molecule has 0 aromatic rings. The van der Waals surface area contributed by atoms with Gasteiger partial charge in [-0.1, -0.05) is 51.4 Å². The Balaban J connectivity index is 1.93. The van der Waals surface area contributed by atoms with Gasteiger partial charge in [0.05, 0.1) is 30.8 Å². The summed E-state index contributed by atoms with van der Waals surface area (Å²) in [5.41, 5.74) is 0. The SMILES string of the molecule is C[C@H](CCCCCCCCCC[C@@H](O)CC(=O)O)O[C@@H]1O[C@@H](C)[C@H](O)C[C@H]1O. The predicted molar refractivity (Wildman–Crippen MR) is 106 cm³/mol. The van der Waals surface area contributed by atoms with Crippen LogP contribution in [0.4, 0.5) is 0 Å². The Hall–Kier alpha value is -0.730. The maximum Gasteiger partial charge on any atom is 0.305 e. The second-order valence-corrected chi connectivity index (χ2v) is 8.18. The van der Waals surface area contributed by atoms with Crippen molar-refractivity contribution >= 4 is 5.97 Å². The van der Waals surface area contributed by atoms with Gasteiger partial charge in [-0.25, -0.2) is 0 Å². The van der Waals surface area contributed by atoms with E-state index >= 15 is 0 Å². The smallest absolute Gasteiger partial charge is 0.305 e. The summed E-state index contributed by atoms with van der Waals surface area (Å²) in [6, 6.07) is 0. The second-order valence-electron chi connectivity index (χ2n) is 8.18. The van der Waals surface area contributed by atoms with Crippen LogP contribution in [-0.2, 0) is 14.3 Å². The molecule has 1 aliphatic heterocycles. The fourth-order valence-electron chi connectivity index (χ4n) is 3.54. The van der Waals surface area contributed by atoms with Gasteiger partial charge in [0.15, 0.2) is 6.29 Å². The van der Waals surface area contributed by atoms with Crippen LogP contribution in [-0.4, -0.2) is 63.2 Å². The maximum atomic E-state index is 10.5. The van der Waals surface area contributed by atoms with E-state index in [2.05, 4.69) is 0 Å². The van der Waals surface area contributed by atoms with Gasteiger partial charge in [0.25, 0.3) is 0 Å². The third-order valence-electron chi connectivity index (χ3n) is 5.36. The van der Waals surface area contributed by atoms with Crippen molar-refractivity contribution in [3.8, 4) is 0 Å². The molecule has 166 valence electrons. The van der Waals surface area contributed by atoms with Gasteiger partial charge < -0.3 is 29.9 Å². The van der Waals surface area contributed by atoms with Crippen LogP contribution >= 0.6 is 0 Å². The zero-order chi connectivity index (χ0) is 20.9. The van der Waals surface area contributed by atoms with Crippen LogP contribution in [0.25, 0.3) is 0 Å². The molecule has 1 fully saturated rings. The number of ether oxygens (including phenoxy) is 2. The molecule has 0 aromatic heterocycles. The highest BCUT2D eigenvalue weighted by atomic mass is 16.7. The minimum Gasteiger partial charge on any atom is -0.481 e. The van der Waals surface area contributed by atoms with E-state index in [0.29, 0.717) is 6.42 Å². The summed E-state index contributed by atoms with van der Waals surface area (Å²) in [6.45, 7) is 3.78. The molecule has 7 nitrogen and oxygen atoms in total. The zero-order valence-electron chi connectivity index (χ0n) is 17.5. The molecule has 0 saturated carbocycles. The molecular weight excluding hydrogens is 364 g/mol. The Kier molecular flexibility index (Phi) is 12.9. The van der Waals surface area contributed by atoms with E-state index in [1.807, 2.05) is 6.92 Å². The first-order valence-electron chi connectivity index (χ1n) is 10.9. The minimum absolute atomic E-state index is 0.0133. The largest absolute Gasteiger partial charge is 0.481 e. The fourth-order valence-corrected chi connectivity index (χ4v) is 3.54. The van der Waals surface area contributed by atoms with E-state index in [1.54, 1.807) is 6.92 Å². The van der Waals surface area contributed by atoms with Gasteiger partial charge in [-0.15, -0.1) is 0 Å². The van der Waals surface area contributed by atoms with Crippen molar-refractivity contribution in [2.75, 3.05) is 0 Å². The fraction of sp³-hybridized carbons (Fsp3) is 0.952. The number of aliphatic hydroxyl groups excluding tert-OH is 3. The van der Waals surface area contributed by atoms with Crippen LogP contribution in [0, 0.1) is 0 Å². The first-order chi connectivity index (χ1) is 13.3. The van der Waals surface area contributed by atoms with Gasteiger partial charge in [-0.05, 0) is 26.7 Å². The Morgan fingerprint density at radius 1 is 1.00 bits per heavy atom. The summed E-state index contributed by atoms with van der Waals surface area (Å²) in [7, 11) is 0. The Morgan fingerprint density at radius 3 is 2.11 bits per heavy atom. The molecule has 0 spiro atoms. The van der Waals surface area contributed by atoms with Crippen LogP contribution in [0.3, 0.4) is 0 Å². The zero-order valence-corrected chi connectivity index (χ0v) is 17.5. The van der Waals surface area contributed by atoms with Gasteiger partial charge in [-0.3, -0.25) is 4.79 Å². The number of unbranched alkanes of at least 4 members (excludes halogenated alkanes) is 7. The van der Waals surface area contributed by atoms with E-state index in [0.717, 1.165) is 38.5 Å². The summed E-state index contributed by atoms with van der Waals surface area (Å²) in [4.78, 5) is 10.5. The van der Waals surface area contributed by atoms with Crippen LogP contribution in [0.15, 0.2) is 0 Å². The first kappa shape index (κ1) is 25.3. The molecule has 4 N–H and O–H groups in total. The monoisotopic (exact) mass is 404 g/mol. The molecule has 7 heteroatoms. The second kappa shape index (κ2) is 14.3. The molecule has 28 heavy (non-hydrogen) atoms. The van der Waals surface area contributed by atoms with Crippen LogP contribution in [0.1, 0.15) is 90.9 Å². The molecule has 1 saturated heterocycles. The van der Waals surface area contributed by atoms with Crippen molar-refractivity contribution in [2.24, 2.45) is 0 Å². The van der Waals surface area contributed by atoms with Crippen molar-refractivity contribution in [3.63, 3.8) is 0 Å². The van der Waals surface area contributed by atoms with E-state index < -0.39 is 30.6 Å². The number of carboxylic acid groups (broad SMARTS) is 1. The van der Waals surface area contributed by atoms with E-state index in [1.165, 1.54) is 19.3 Å². The first-order valence-corrected chi connectivity index (χ1v) is 10.9. The summed E-state index contributed by atoms with van der Waals surface area (Å²) in [5.74, 6) is -0.942. The van der Waals surface area contributed by atoms with E-state index in [-0.39, 0.29) is 25.0 Å². The summed E-state index contributed by atoms with van der Waals surface area (Å²) < 4.78 is 11.3. The molecule has 0 bridgehead atoms.